The van der Waals surface area contributed by atoms with E-state index < -0.39 is 5.60 Å². The van der Waals surface area contributed by atoms with E-state index in [9.17, 15) is 9.90 Å². The van der Waals surface area contributed by atoms with Gasteiger partial charge in [-0.25, -0.2) is 0 Å². The molecule has 0 aliphatic heterocycles. The summed E-state index contributed by atoms with van der Waals surface area (Å²) in [5.41, 5.74) is -0.822. The van der Waals surface area contributed by atoms with Gasteiger partial charge < -0.3 is 10.4 Å². The normalized spacial score (nSPS) is 14.7. The molecule has 0 spiro atoms. The average molecular weight is 267 g/mol. The molecule has 1 rings (SSSR count). The highest BCUT2D eigenvalue weighted by molar-refractivity contribution is 7.12. The molecule has 1 atom stereocenters. The second-order valence-electron chi connectivity index (χ2n) is 4.75. The van der Waals surface area contributed by atoms with Gasteiger partial charge in [-0.2, -0.15) is 0 Å². The molecule has 1 aromatic rings. The zero-order chi connectivity index (χ0) is 13.6. The monoisotopic (exact) mass is 267 g/mol. The minimum atomic E-state index is -0.822. The van der Waals surface area contributed by atoms with Crippen molar-refractivity contribution in [2.45, 2.75) is 39.2 Å². The van der Waals surface area contributed by atoms with Crippen LogP contribution in [0.3, 0.4) is 0 Å². The van der Waals surface area contributed by atoms with Crippen molar-refractivity contribution in [3.63, 3.8) is 0 Å². The summed E-state index contributed by atoms with van der Waals surface area (Å²) >= 11 is 1.65. The van der Waals surface area contributed by atoms with Gasteiger partial charge in [0.2, 0.25) is 5.91 Å². The van der Waals surface area contributed by atoms with Crippen molar-refractivity contribution in [2.75, 3.05) is 6.54 Å². The van der Waals surface area contributed by atoms with Gasteiger partial charge in [0.05, 0.1) is 5.60 Å². The van der Waals surface area contributed by atoms with E-state index in [-0.39, 0.29) is 12.5 Å². The van der Waals surface area contributed by atoms with Crippen LogP contribution in [0.15, 0.2) is 18.2 Å². The van der Waals surface area contributed by atoms with Gasteiger partial charge in [0.25, 0.3) is 0 Å². The SMILES string of the molecule is CCCC(C)(O)CNC(=O)/C=C/c1ccc(C)s1. The topological polar surface area (TPSA) is 49.3 Å². The summed E-state index contributed by atoms with van der Waals surface area (Å²) < 4.78 is 0. The van der Waals surface area contributed by atoms with Crippen LogP contribution >= 0.6 is 11.3 Å². The van der Waals surface area contributed by atoms with Crippen LogP contribution in [0.4, 0.5) is 0 Å². The largest absolute Gasteiger partial charge is 0.388 e. The lowest BCUT2D eigenvalue weighted by Crippen LogP contribution is -2.39. The number of nitrogens with one attached hydrogen (secondary N) is 1. The van der Waals surface area contributed by atoms with Crippen LogP contribution in [0.2, 0.25) is 0 Å². The van der Waals surface area contributed by atoms with Gasteiger partial charge in [0.15, 0.2) is 0 Å². The van der Waals surface area contributed by atoms with Gasteiger partial charge in [0, 0.05) is 22.4 Å². The van der Waals surface area contributed by atoms with E-state index in [0.29, 0.717) is 6.42 Å². The molecular weight excluding hydrogens is 246 g/mol. The first-order valence-corrected chi connectivity index (χ1v) is 6.99. The van der Waals surface area contributed by atoms with Crippen LogP contribution in [0.1, 0.15) is 36.4 Å². The van der Waals surface area contributed by atoms with Gasteiger partial charge in [0.1, 0.15) is 0 Å². The van der Waals surface area contributed by atoms with E-state index in [2.05, 4.69) is 5.32 Å². The fraction of sp³-hybridized carbons (Fsp3) is 0.500. The highest BCUT2D eigenvalue weighted by Crippen LogP contribution is 2.16. The minimum absolute atomic E-state index is 0.169. The van der Waals surface area contributed by atoms with E-state index in [1.54, 1.807) is 24.3 Å². The Labute approximate surface area is 113 Å². The summed E-state index contributed by atoms with van der Waals surface area (Å²) in [6, 6.07) is 4.01. The summed E-state index contributed by atoms with van der Waals surface area (Å²) in [5.74, 6) is -0.169. The van der Waals surface area contributed by atoms with E-state index in [0.717, 1.165) is 11.3 Å². The van der Waals surface area contributed by atoms with Crippen molar-refractivity contribution in [3.05, 3.63) is 28.0 Å². The van der Waals surface area contributed by atoms with Crippen molar-refractivity contribution in [1.82, 2.24) is 5.32 Å². The summed E-state index contributed by atoms with van der Waals surface area (Å²) in [6.07, 6.45) is 4.88. The summed E-state index contributed by atoms with van der Waals surface area (Å²) in [7, 11) is 0. The fourth-order valence-electron chi connectivity index (χ4n) is 1.66. The quantitative estimate of drug-likeness (QED) is 0.779. The average Bonchev–Trinajstić information content (AvgIpc) is 2.70. The van der Waals surface area contributed by atoms with Crippen LogP contribution < -0.4 is 5.32 Å². The Balaban J connectivity index is 2.40. The number of carbonyl (C=O) groups excluding carboxylic acids is 1. The number of aliphatic hydroxyl groups is 1. The van der Waals surface area contributed by atoms with Crippen LogP contribution in [-0.4, -0.2) is 23.2 Å². The molecule has 0 saturated carbocycles. The molecule has 0 aromatic carbocycles. The third-order valence-corrected chi connectivity index (χ3v) is 3.56. The first kappa shape index (κ1) is 14.9. The lowest BCUT2D eigenvalue weighted by molar-refractivity contribution is -0.117. The lowest BCUT2D eigenvalue weighted by atomic mass is 10.0. The molecule has 1 aromatic heterocycles. The minimum Gasteiger partial charge on any atom is -0.388 e. The van der Waals surface area contributed by atoms with Gasteiger partial charge in [-0.3, -0.25) is 4.79 Å². The number of aryl methyl sites for hydroxylation is 1. The third kappa shape index (κ3) is 5.47. The molecule has 0 bridgehead atoms. The van der Waals surface area contributed by atoms with Crippen LogP contribution in [0.5, 0.6) is 0 Å². The van der Waals surface area contributed by atoms with Crippen LogP contribution in [0, 0.1) is 6.92 Å². The fourth-order valence-corrected chi connectivity index (χ4v) is 2.44. The number of rotatable bonds is 6. The molecule has 18 heavy (non-hydrogen) atoms. The smallest absolute Gasteiger partial charge is 0.244 e. The van der Waals surface area contributed by atoms with Crippen molar-refractivity contribution >= 4 is 23.3 Å². The van der Waals surface area contributed by atoms with E-state index in [1.807, 2.05) is 26.0 Å². The molecule has 3 nitrogen and oxygen atoms in total. The Morgan fingerprint density at radius 2 is 2.28 bits per heavy atom. The molecule has 1 unspecified atom stereocenters. The number of thiophene rings is 1. The van der Waals surface area contributed by atoms with Gasteiger partial charge >= 0.3 is 0 Å². The van der Waals surface area contributed by atoms with Crippen LogP contribution in [0.25, 0.3) is 6.08 Å². The molecule has 0 fully saturated rings. The number of hydrogen-bond donors (Lipinski definition) is 2. The maximum atomic E-state index is 11.6. The molecule has 1 heterocycles. The number of hydrogen-bond acceptors (Lipinski definition) is 3. The lowest BCUT2D eigenvalue weighted by Gasteiger charge is -2.22. The number of amides is 1. The van der Waals surface area contributed by atoms with Gasteiger partial charge in [-0.05, 0) is 38.5 Å². The number of carbonyl (C=O) groups is 1. The second-order valence-corrected chi connectivity index (χ2v) is 6.07. The highest BCUT2D eigenvalue weighted by Gasteiger charge is 2.18. The van der Waals surface area contributed by atoms with Crippen molar-refractivity contribution in [2.24, 2.45) is 0 Å². The van der Waals surface area contributed by atoms with E-state index in [4.69, 9.17) is 0 Å². The maximum absolute atomic E-state index is 11.6. The molecule has 0 radical (unpaired) electrons. The molecule has 2 N–H and O–H groups in total. The van der Waals surface area contributed by atoms with Crippen molar-refractivity contribution in [3.8, 4) is 0 Å². The van der Waals surface area contributed by atoms with Crippen LogP contribution in [-0.2, 0) is 4.79 Å². The first-order valence-electron chi connectivity index (χ1n) is 6.18. The molecule has 0 aliphatic carbocycles. The first-order chi connectivity index (χ1) is 8.43. The second kappa shape index (κ2) is 6.71. The Morgan fingerprint density at radius 3 is 2.83 bits per heavy atom. The Bertz CT molecular complexity index is 421. The van der Waals surface area contributed by atoms with Crippen molar-refractivity contribution in [1.29, 1.82) is 0 Å². The molecule has 0 saturated heterocycles. The Morgan fingerprint density at radius 1 is 1.56 bits per heavy atom. The van der Waals surface area contributed by atoms with Gasteiger partial charge in [-0.1, -0.05) is 13.3 Å². The molecular formula is C14H21NO2S. The predicted octanol–water partition coefficient (Wildman–Crippen LogP) is 2.74. The van der Waals surface area contributed by atoms with Crippen molar-refractivity contribution < 1.29 is 9.90 Å². The summed E-state index contributed by atoms with van der Waals surface area (Å²) in [4.78, 5) is 13.9. The Hall–Kier alpha value is -1.13. The molecule has 0 aliphatic rings. The standard InChI is InChI=1S/C14H21NO2S/c1-4-9-14(3,17)10-15-13(16)8-7-12-6-5-11(2)18-12/h5-8,17H,4,9-10H2,1-3H3,(H,15,16)/b8-7+. The Kier molecular flexibility index (Phi) is 5.56. The van der Waals surface area contributed by atoms with Gasteiger partial charge in [-0.15, -0.1) is 11.3 Å². The third-order valence-electron chi connectivity index (χ3n) is 2.59. The van der Waals surface area contributed by atoms with E-state index in [1.165, 1.54) is 11.0 Å². The highest BCUT2D eigenvalue weighted by atomic mass is 32.1. The summed E-state index contributed by atoms with van der Waals surface area (Å²) in [5, 5.41) is 12.6. The molecule has 1 amide bonds. The summed E-state index contributed by atoms with van der Waals surface area (Å²) in [6.45, 7) is 6.07. The molecule has 100 valence electrons. The maximum Gasteiger partial charge on any atom is 0.244 e. The zero-order valence-electron chi connectivity index (χ0n) is 11.2. The molecule has 4 heteroatoms. The van der Waals surface area contributed by atoms with E-state index >= 15 is 0 Å². The predicted molar refractivity (Wildman–Crippen MR) is 76.6 cm³/mol. The zero-order valence-corrected chi connectivity index (χ0v) is 12.0.